The quantitative estimate of drug-likeness (QED) is 0.659. The first-order valence-corrected chi connectivity index (χ1v) is 9.95. The monoisotopic (exact) mass is 400 g/mol. The van der Waals surface area contributed by atoms with E-state index >= 15 is 0 Å². The van der Waals surface area contributed by atoms with Crippen molar-refractivity contribution in [1.82, 2.24) is 10.2 Å². The number of hydrogen-bond donors (Lipinski definition) is 1. The summed E-state index contributed by atoms with van der Waals surface area (Å²) in [5.74, 6) is -0.436. The van der Waals surface area contributed by atoms with E-state index in [1.807, 2.05) is 45.0 Å². The molecule has 0 radical (unpaired) electrons. The predicted octanol–water partition coefficient (Wildman–Crippen LogP) is 3.85. The molecule has 0 aliphatic rings. The number of halogens is 1. The topological polar surface area (TPSA) is 58.6 Å². The first-order valence-electron chi connectivity index (χ1n) is 9.95. The lowest BCUT2D eigenvalue weighted by Crippen LogP contribution is -2.50. The molecule has 1 atom stereocenters. The van der Waals surface area contributed by atoms with E-state index in [0.29, 0.717) is 25.3 Å². The van der Waals surface area contributed by atoms with Gasteiger partial charge in [0.25, 0.3) is 5.91 Å². The van der Waals surface area contributed by atoms with Crippen LogP contribution >= 0.6 is 0 Å². The lowest BCUT2D eigenvalue weighted by molar-refractivity contribution is -0.143. The lowest BCUT2D eigenvalue weighted by Gasteiger charge is -2.30. The maximum absolute atomic E-state index is 13.1. The molecule has 0 fully saturated rings. The van der Waals surface area contributed by atoms with Crippen molar-refractivity contribution in [2.24, 2.45) is 0 Å². The fourth-order valence-corrected chi connectivity index (χ4v) is 3.05. The number of aryl methyl sites for hydroxylation is 1. The van der Waals surface area contributed by atoms with Gasteiger partial charge in [0.1, 0.15) is 17.6 Å². The number of amides is 2. The molecule has 0 aliphatic heterocycles. The normalized spacial score (nSPS) is 11.6. The van der Waals surface area contributed by atoms with Gasteiger partial charge in [-0.2, -0.15) is 0 Å². The van der Waals surface area contributed by atoms with Crippen molar-refractivity contribution in [3.05, 3.63) is 65.5 Å². The Hall–Kier alpha value is -2.89. The average molecular weight is 400 g/mol. The van der Waals surface area contributed by atoms with E-state index in [-0.39, 0.29) is 24.2 Å². The third-order valence-corrected chi connectivity index (χ3v) is 4.55. The second kappa shape index (κ2) is 11.2. The van der Waals surface area contributed by atoms with E-state index in [9.17, 15) is 14.0 Å². The number of carbonyl (C=O) groups excluding carboxylic acids is 2. The van der Waals surface area contributed by atoms with Crippen LogP contribution in [0.15, 0.2) is 48.5 Å². The van der Waals surface area contributed by atoms with E-state index in [4.69, 9.17) is 4.74 Å². The zero-order valence-electron chi connectivity index (χ0n) is 17.3. The number of nitrogens with zero attached hydrogens (tertiary/aromatic N) is 1. The second-order valence-electron chi connectivity index (χ2n) is 6.97. The summed E-state index contributed by atoms with van der Waals surface area (Å²) in [6.45, 7) is 6.49. The van der Waals surface area contributed by atoms with E-state index in [0.717, 1.165) is 17.5 Å². The first kappa shape index (κ1) is 22.4. The maximum Gasteiger partial charge on any atom is 0.261 e. The van der Waals surface area contributed by atoms with Crippen molar-refractivity contribution in [2.75, 3.05) is 13.2 Å². The van der Waals surface area contributed by atoms with Crippen molar-refractivity contribution >= 4 is 11.8 Å². The Kier molecular flexibility index (Phi) is 8.65. The second-order valence-corrected chi connectivity index (χ2v) is 6.97. The van der Waals surface area contributed by atoms with E-state index in [1.165, 1.54) is 24.3 Å². The standard InChI is InChI=1S/C23H29FN2O3/c1-4-13-25-23(28)21(5-2)26(15-18-8-6-7-17(3)14-18)22(27)16-29-20-11-9-19(24)10-12-20/h6-12,14,21H,4-5,13,15-16H2,1-3H3,(H,25,28)/t21-/m1/s1. The third-order valence-electron chi connectivity index (χ3n) is 4.55. The highest BCUT2D eigenvalue weighted by molar-refractivity contribution is 5.88. The summed E-state index contributed by atoms with van der Waals surface area (Å²) in [6.07, 6.45) is 1.31. The molecule has 2 rings (SSSR count). The summed E-state index contributed by atoms with van der Waals surface area (Å²) >= 11 is 0. The minimum absolute atomic E-state index is 0.169. The van der Waals surface area contributed by atoms with Crippen LogP contribution in [0, 0.1) is 12.7 Å². The number of benzene rings is 2. The van der Waals surface area contributed by atoms with Gasteiger partial charge >= 0.3 is 0 Å². The minimum atomic E-state index is -0.591. The fourth-order valence-electron chi connectivity index (χ4n) is 3.05. The highest BCUT2D eigenvalue weighted by atomic mass is 19.1. The summed E-state index contributed by atoms with van der Waals surface area (Å²) < 4.78 is 18.6. The van der Waals surface area contributed by atoms with Gasteiger partial charge in [-0.15, -0.1) is 0 Å². The number of ether oxygens (including phenoxy) is 1. The molecular formula is C23H29FN2O3. The van der Waals surface area contributed by atoms with Gasteiger partial charge in [-0.05, 0) is 49.6 Å². The molecule has 1 N–H and O–H groups in total. The largest absolute Gasteiger partial charge is 0.484 e. The highest BCUT2D eigenvalue weighted by Crippen LogP contribution is 2.16. The Bertz CT molecular complexity index is 808. The summed E-state index contributed by atoms with van der Waals surface area (Å²) in [5.41, 5.74) is 2.03. The summed E-state index contributed by atoms with van der Waals surface area (Å²) in [6, 6.07) is 12.7. The van der Waals surface area contributed by atoms with E-state index < -0.39 is 6.04 Å². The van der Waals surface area contributed by atoms with Crippen LogP contribution in [0.5, 0.6) is 5.75 Å². The molecule has 2 amide bonds. The molecule has 0 saturated heterocycles. The van der Waals surface area contributed by atoms with Crippen LogP contribution in [0.3, 0.4) is 0 Å². The van der Waals surface area contributed by atoms with Crippen molar-refractivity contribution in [2.45, 2.75) is 46.2 Å². The first-order chi connectivity index (χ1) is 13.9. The van der Waals surface area contributed by atoms with Gasteiger partial charge in [0, 0.05) is 13.1 Å². The summed E-state index contributed by atoms with van der Waals surface area (Å²) in [5, 5.41) is 2.88. The molecule has 0 saturated carbocycles. The third kappa shape index (κ3) is 6.89. The number of nitrogens with one attached hydrogen (secondary N) is 1. The molecule has 0 spiro atoms. The van der Waals surface area contributed by atoms with Crippen molar-refractivity contribution in [3.8, 4) is 5.75 Å². The van der Waals surface area contributed by atoms with Gasteiger partial charge in [-0.25, -0.2) is 4.39 Å². The Labute approximate surface area is 171 Å². The number of carbonyl (C=O) groups is 2. The number of hydrogen-bond acceptors (Lipinski definition) is 3. The minimum Gasteiger partial charge on any atom is -0.484 e. The lowest BCUT2D eigenvalue weighted by atomic mass is 10.1. The summed E-state index contributed by atoms with van der Waals surface area (Å²) in [4.78, 5) is 27.2. The molecule has 0 aliphatic carbocycles. The molecule has 5 nitrogen and oxygen atoms in total. The fraction of sp³-hybridized carbons (Fsp3) is 0.391. The zero-order valence-corrected chi connectivity index (χ0v) is 17.3. The molecule has 0 bridgehead atoms. The van der Waals surface area contributed by atoms with E-state index in [1.54, 1.807) is 4.90 Å². The van der Waals surface area contributed by atoms with Crippen molar-refractivity contribution < 1.29 is 18.7 Å². The SMILES string of the molecule is CCCNC(=O)[C@@H](CC)N(Cc1cccc(C)c1)C(=O)COc1ccc(F)cc1. The molecule has 29 heavy (non-hydrogen) atoms. The van der Waals surface area contributed by atoms with Gasteiger partial charge in [-0.1, -0.05) is 43.7 Å². The highest BCUT2D eigenvalue weighted by Gasteiger charge is 2.28. The molecular weight excluding hydrogens is 371 g/mol. The molecule has 156 valence electrons. The van der Waals surface area contributed by atoms with Gasteiger partial charge in [-0.3, -0.25) is 9.59 Å². The molecule has 2 aromatic carbocycles. The average Bonchev–Trinajstić information content (AvgIpc) is 2.71. The van der Waals surface area contributed by atoms with Crippen LogP contribution in [-0.4, -0.2) is 35.9 Å². The molecule has 0 unspecified atom stereocenters. The maximum atomic E-state index is 13.1. The van der Waals surface area contributed by atoms with Crippen LogP contribution < -0.4 is 10.1 Å². The van der Waals surface area contributed by atoms with Gasteiger partial charge in [0.05, 0.1) is 0 Å². The van der Waals surface area contributed by atoms with Gasteiger partial charge < -0.3 is 15.0 Å². The van der Waals surface area contributed by atoms with Gasteiger partial charge in [0.15, 0.2) is 6.61 Å². The van der Waals surface area contributed by atoms with Crippen molar-refractivity contribution in [3.63, 3.8) is 0 Å². The van der Waals surface area contributed by atoms with Crippen molar-refractivity contribution in [1.29, 1.82) is 0 Å². The Balaban J connectivity index is 2.17. The molecule has 6 heteroatoms. The Morgan fingerprint density at radius 2 is 1.86 bits per heavy atom. The zero-order chi connectivity index (χ0) is 21.2. The van der Waals surface area contributed by atoms with Crippen LogP contribution in [0.2, 0.25) is 0 Å². The molecule has 2 aromatic rings. The van der Waals surface area contributed by atoms with Crippen LogP contribution in [-0.2, 0) is 16.1 Å². The molecule has 0 aromatic heterocycles. The van der Waals surface area contributed by atoms with E-state index in [2.05, 4.69) is 5.32 Å². The number of rotatable bonds is 10. The van der Waals surface area contributed by atoms with Gasteiger partial charge in [0.2, 0.25) is 5.91 Å². The molecule has 0 heterocycles. The smallest absolute Gasteiger partial charge is 0.261 e. The van der Waals surface area contributed by atoms with Crippen LogP contribution in [0.1, 0.15) is 37.8 Å². The Morgan fingerprint density at radius 1 is 1.14 bits per heavy atom. The summed E-state index contributed by atoms with van der Waals surface area (Å²) in [7, 11) is 0. The predicted molar refractivity (Wildman–Crippen MR) is 111 cm³/mol. The van der Waals surface area contributed by atoms with Crippen LogP contribution in [0.25, 0.3) is 0 Å². The Morgan fingerprint density at radius 3 is 2.48 bits per heavy atom. The van der Waals surface area contributed by atoms with Crippen LogP contribution in [0.4, 0.5) is 4.39 Å².